The van der Waals surface area contributed by atoms with Crippen LogP contribution in [-0.4, -0.2) is 53.9 Å². The first-order valence-electron chi connectivity index (χ1n) is 13.3. The Labute approximate surface area is 227 Å². The van der Waals surface area contributed by atoms with Crippen LogP contribution in [0.4, 0.5) is 9.59 Å². The van der Waals surface area contributed by atoms with E-state index in [1.165, 1.54) is 0 Å². The second-order valence-corrected chi connectivity index (χ2v) is 10.1. The van der Waals surface area contributed by atoms with E-state index >= 15 is 0 Å². The fraction of sp³-hybridized carbons (Fsp3) is 0.323. The molecule has 3 aromatic rings. The number of hydrogen-bond donors (Lipinski definition) is 2. The number of benzene rings is 3. The van der Waals surface area contributed by atoms with Gasteiger partial charge in [0.15, 0.2) is 0 Å². The smallest absolute Gasteiger partial charge is 0.410 e. The normalized spacial score (nSPS) is 17.0. The van der Waals surface area contributed by atoms with Crippen LogP contribution in [0.2, 0.25) is 0 Å². The highest BCUT2D eigenvalue weighted by Gasteiger charge is 2.34. The number of nitrogens with zero attached hydrogens (tertiary/aromatic N) is 1. The van der Waals surface area contributed by atoms with Crippen molar-refractivity contribution in [1.82, 2.24) is 10.2 Å². The van der Waals surface area contributed by atoms with Crippen LogP contribution in [0, 0.1) is 5.92 Å². The average molecular weight is 529 g/mol. The van der Waals surface area contributed by atoms with Gasteiger partial charge in [0.05, 0.1) is 6.42 Å². The van der Waals surface area contributed by atoms with Crippen molar-refractivity contribution in [2.75, 3.05) is 19.7 Å². The molecule has 8 nitrogen and oxygen atoms in total. The number of amides is 2. The molecule has 8 heteroatoms. The Balaban J connectivity index is 1.19. The molecular formula is C31H32N2O6. The summed E-state index contributed by atoms with van der Waals surface area (Å²) in [6.45, 7) is 1.13. The summed E-state index contributed by atoms with van der Waals surface area (Å²) in [6, 6.07) is 24.9. The number of fused-ring (bicyclic) bond motifs is 3. The zero-order valence-corrected chi connectivity index (χ0v) is 21.6. The van der Waals surface area contributed by atoms with Gasteiger partial charge in [0, 0.05) is 25.0 Å². The van der Waals surface area contributed by atoms with Crippen LogP contribution in [0.3, 0.4) is 0 Å². The summed E-state index contributed by atoms with van der Waals surface area (Å²) in [5.41, 5.74) is 5.36. The van der Waals surface area contributed by atoms with Gasteiger partial charge in [-0.05, 0) is 46.6 Å². The lowest BCUT2D eigenvalue weighted by molar-refractivity contribution is -0.138. The molecule has 202 valence electrons. The van der Waals surface area contributed by atoms with Gasteiger partial charge < -0.3 is 24.8 Å². The predicted octanol–water partition coefficient (Wildman–Crippen LogP) is 5.42. The Bertz CT molecular complexity index is 1280. The van der Waals surface area contributed by atoms with Crippen molar-refractivity contribution in [2.45, 2.75) is 37.8 Å². The summed E-state index contributed by atoms with van der Waals surface area (Å²) in [7, 11) is 0. The number of nitrogens with one attached hydrogen (secondary N) is 1. The summed E-state index contributed by atoms with van der Waals surface area (Å²) >= 11 is 0. The van der Waals surface area contributed by atoms with Crippen LogP contribution in [0.1, 0.15) is 41.9 Å². The third-order valence-corrected chi connectivity index (χ3v) is 7.53. The topological polar surface area (TPSA) is 105 Å². The first-order valence-corrected chi connectivity index (χ1v) is 13.3. The molecule has 0 bridgehead atoms. The molecule has 0 radical (unpaired) electrons. The standard InChI is InChI=1S/C31H32N2O6/c34-29(35)17-28(22-11-8-16-33(18-22)31(37)39-19-21-9-2-1-3-10-21)32-30(36)38-20-27-25-14-6-4-12-23(25)24-13-5-7-15-26(24)27/h1-7,9-10,12-15,22,27-28H,8,11,16-20H2,(H,32,36)(H,34,35)/t22-,28+/m0/s1. The highest BCUT2D eigenvalue weighted by atomic mass is 16.6. The molecule has 0 saturated carbocycles. The van der Waals surface area contributed by atoms with Crippen molar-refractivity contribution in [3.05, 3.63) is 95.6 Å². The summed E-state index contributed by atoms with van der Waals surface area (Å²) in [4.78, 5) is 38.9. The molecular weight excluding hydrogens is 496 g/mol. The molecule has 1 aliphatic heterocycles. The number of aliphatic carboxylic acids is 1. The highest BCUT2D eigenvalue weighted by molar-refractivity contribution is 5.79. The second kappa shape index (κ2) is 12.0. The maximum atomic E-state index is 12.9. The van der Waals surface area contributed by atoms with Gasteiger partial charge in [-0.1, -0.05) is 78.9 Å². The van der Waals surface area contributed by atoms with Crippen molar-refractivity contribution in [3.8, 4) is 11.1 Å². The quantitative estimate of drug-likeness (QED) is 0.405. The number of carbonyl (C=O) groups excluding carboxylic acids is 2. The van der Waals surface area contributed by atoms with Gasteiger partial charge in [0.1, 0.15) is 13.2 Å². The van der Waals surface area contributed by atoms with Crippen molar-refractivity contribution in [2.24, 2.45) is 5.92 Å². The summed E-state index contributed by atoms with van der Waals surface area (Å²) in [5.74, 6) is -1.35. The molecule has 2 amide bonds. The number of likely N-dealkylation sites (tertiary alicyclic amines) is 1. The molecule has 1 heterocycles. The lowest BCUT2D eigenvalue weighted by Gasteiger charge is -2.36. The lowest BCUT2D eigenvalue weighted by atomic mass is 9.89. The van der Waals surface area contributed by atoms with Crippen LogP contribution in [-0.2, 0) is 20.9 Å². The Kier molecular flexibility index (Phi) is 8.10. The number of piperidine rings is 1. The minimum atomic E-state index is -1.03. The molecule has 39 heavy (non-hydrogen) atoms. The van der Waals surface area contributed by atoms with Crippen LogP contribution < -0.4 is 5.32 Å². The third-order valence-electron chi connectivity index (χ3n) is 7.53. The van der Waals surface area contributed by atoms with Gasteiger partial charge in [0.25, 0.3) is 0 Å². The van der Waals surface area contributed by atoms with Gasteiger partial charge >= 0.3 is 18.2 Å². The number of carboxylic acid groups (broad SMARTS) is 1. The fourth-order valence-electron chi connectivity index (χ4n) is 5.63. The molecule has 0 aromatic heterocycles. The molecule has 1 aliphatic carbocycles. The highest BCUT2D eigenvalue weighted by Crippen LogP contribution is 2.44. The minimum absolute atomic E-state index is 0.0920. The molecule has 2 N–H and O–H groups in total. The van der Waals surface area contributed by atoms with E-state index in [1.54, 1.807) is 4.90 Å². The minimum Gasteiger partial charge on any atom is -0.481 e. The lowest BCUT2D eigenvalue weighted by Crippen LogP contribution is -2.50. The largest absolute Gasteiger partial charge is 0.481 e. The Hall–Kier alpha value is -4.33. The molecule has 1 fully saturated rings. The number of ether oxygens (including phenoxy) is 2. The molecule has 1 saturated heterocycles. The number of carboxylic acids is 1. The predicted molar refractivity (Wildman–Crippen MR) is 145 cm³/mol. The zero-order valence-electron chi connectivity index (χ0n) is 21.6. The molecule has 0 unspecified atom stereocenters. The Morgan fingerprint density at radius 3 is 2.21 bits per heavy atom. The maximum Gasteiger partial charge on any atom is 0.410 e. The van der Waals surface area contributed by atoms with Crippen LogP contribution in [0.15, 0.2) is 78.9 Å². The SMILES string of the molecule is O=C(O)C[C@@H](NC(=O)OCC1c2ccccc2-c2ccccc21)[C@H]1CCCN(C(=O)OCc2ccccc2)C1. The number of hydrogen-bond acceptors (Lipinski definition) is 5. The van der Waals surface area contributed by atoms with Crippen molar-refractivity contribution in [3.63, 3.8) is 0 Å². The monoisotopic (exact) mass is 528 g/mol. The molecule has 5 rings (SSSR count). The van der Waals surface area contributed by atoms with Gasteiger partial charge in [0.2, 0.25) is 0 Å². The summed E-state index contributed by atoms with van der Waals surface area (Å²) in [6.07, 6.45) is 0.00467. The zero-order chi connectivity index (χ0) is 27.2. The third kappa shape index (κ3) is 6.22. The number of alkyl carbamates (subject to hydrolysis) is 1. The van der Waals surface area contributed by atoms with Gasteiger partial charge in [-0.15, -0.1) is 0 Å². The summed E-state index contributed by atoms with van der Waals surface area (Å²) in [5, 5.41) is 12.3. The first kappa shape index (κ1) is 26.3. The van der Waals surface area contributed by atoms with Crippen LogP contribution >= 0.6 is 0 Å². The van der Waals surface area contributed by atoms with E-state index in [1.807, 2.05) is 66.7 Å². The first-order chi connectivity index (χ1) is 19.0. The van der Waals surface area contributed by atoms with E-state index in [2.05, 4.69) is 17.4 Å². The van der Waals surface area contributed by atoms with Gasteiger partial charge in [-0.2, -0.15) is 0 Å². The second-order valence-electron chi connectivity index (χ2n) is 10.1. The van der Waals surface area contributed by atoms with E-state index in [0.29, 0.717) is 25.9 Å². The average Bonchev–Trinajstić information content (AvgIpc) is 3.28. The van der Waals surface area contributed by atoms with E-state index in [9.17, 15) is 19.5 Å². The van der Waals surface area contributed by atoms with Crippen LogP contribution in [0.5, 0.6) is 0 Å². The van der Waals surface area contributed by atoms with E-state index in [-0.39, 0.29) is 31.5 Å². The Morgan fingerprint density at radius 2 is 1.54 bits per heavy atom. The summed E-state index contributed by atoms with van der Waals surface area (Å²) < 4.78 is 11.1. The van der Waals surface area contributed by atoms with E-state index in [4.69, 9.17) is 9.47 Å². The van der Waals surface area contributed by atoms with Crippen molar-refractivity contribution < 1.29 is 29.0 Å². The number of carbonyl (C=O) groups is 3. The van der Waals surface area contributed by atoms with Gasteiger partial charge in [-0.3, -0.25) is 4.79 Å². The number of rotatable bonds is 8. The molecule has 0 spiro atoms. The van der Waals surface area contributed by atoms with E-state index < -0.39 is 24.2 Å². The van der Waals surface area contributed by atoms with Crippen LogP contribution in [0.25, 0.3) is 11.1 Å². The molecule has 2 atom stereocenters. The molecule has 2 aliphatic rings. The fourth-order valence-corrected chi connectivity index (χ4v) is 5.63. The van der Waals surface area contributed by atoms with Crippen molar-refractivity contribution in [1.29, 1.82) is 0 Å². The van der Waals surface area contributed by atoms with Gasteiger partial charge in [-0.25, -0.2) is 9.59 Å². The maximum absolute atomic E-state index is 12.9. The van der Waals surface area contributed by atoms with E-state index in [0.717, 1.165) is 27.8 Å². The Morgan fingerprint density at radius 1 is 0.897 bits per heavy atom. The molecule has 3 aromatic carbocycles. The van der Waals surface area contributed by atoms with Crippen molar-refractivity contribution >= 4 is 18.2 Å².